The maximum Gasteiger partial charge on any atom is 0.0728 e. The summed E-state index contributed by atoms with van der Waals surface area (Å²) in [6.45, 7) is 6.22. The molecule has 0 unspecified atom stereocenters. The molecule has 1 aromatic carbocycles. The van der Waals surface area contributed by atoms with Gasteiger partial charge in [-0.3, -0.25) is 0 Å². The minimum atomic E-state index is 0.391. The Kier molecular flexibility index (Phi) is 6.39. The summed E-state index contributed by atoms with van der Waals surface area (Å²) in [7, 11) is 0. The molecule has 0 saturated heterocycles. The zero-order chi connectivity index (χ0) is 12.5. The van der Waals surface area contributed by atoms with Crippen LogP contribution < -0.4 is 5.73 Å². The lowest BCUT2D eigenvalue weighted by Crippen LogP contribution is -2.01. The number of rotatable bonds is 5. The molecule has 2 heteroatoms. The molecule has 0 radical (unpaired) electrons. The standard InChI is InChI=1S/C15H21NO/c1-13(2)9-11-17-12-15-7-4-3-6-14(15)8-5-10-16/h3-4,6-7,13H,9-12,16H2,1-2H3. The van der Waals surface area contributed by atoms with Crippen molar-refractivity contribution in [2.75, 3.05) is 13.2 Å². The van der Waals surface area contributed by atoms with Gasteiger partial charge >= 0.3 is 0 Å². The summed E-state index contributed by atoms with van der Waals surface area (Å²) in [6.07, 6.45) is 1.09. The van der Waals surface area contributed by atoms with Crippen molar-refractivity contribution < 1.29 is 4.74 Å². The molecule has 0 heterocycles. The van der Waals surface area contributed by atoms with E-state index in [1.54, 1.807) is 0 Å². The highest BCUT2D eigenvalue weighted by Gasteiger charge is 2.00. The fraction of sp³-hybridized carbons (Fsp3) is 0.467. The SMILES string of the molecule is CC(C)CCOCc1ccccc1C#CCN. The van der Waals surface area contributed by atoms with Gasteiger partial charge < -0.3 is 10.5 Å². The Morgan fingerprint density at radius 3 is 2.76 bits per heavy atom. The molecular weight excluding hydrogens is 210 g/mol. The van der Waals surface area contributed by atoms with E-state index in [2.05, 4.69) is 31.8 Å². The number of hydrogen-bond donors (Lipinski definition) is 1. The molecule has 1 aromatic rings. The average molecular weight is 231 g/mol. The lowest BCUT2D eigenvalue weighted by atomic mass is 10.1. The van der Waals surface area contributed by atoms with E-state index in [0.29, 0.717) is 19.1 Å². The summed E-state index contributed by atoms with van der Waals surface area (Å²) in [5, 5.41) is 0. The smallest absolute Gasteiger partial charge is 0.0728 e. The molecule has 0 fully saturated rings. The van der Waals surface area contributed by atoms with Crippen LogP contribution in [0.3, 0.4) is 0 Å². The zero-order valence-electron chi connectivity index (χ0n) is 10.7. The molecule has 92 valence electrons. The van der Waals surface area contributed by atoms with Gasteiger partial charge in [-0.2, -0.15) is 0 Å². The number of hydrogen-bond acceptors (Lipinski definition) is 2. The van der Waals surface area contributed by atoms with Crippen LogP contribution in [0.15, 0.2) is 24.3 Å². The molecule has 2 nitrogen and oxygen atoms in total. The van der Waals surface area contributed by atoms with E-state index in [1.165, 1.54) is 0 Å². The van der Waals surface area contributed by atoms with Crippen LogP contribution in [0, 0.1) is 17.8 Å². The van der Waals surface area contributed by atoms with Crippen LogP contribution in [0.5, 0.6) is 0 Å². The maximum absolute atomic E-state index is 5.65. The molecule has 0 bridgehead atoms. The fourth-order valence-electron chi connectivity index (χ4n) is 1.42. The van der Waals surface area contributed by atoms with E-state index in [9.17, 15) is 0 Å². The Labute approximate surface area is 104 Å². The molecule has 17 heavy (non-hydrogen) atoms. The monoisotopic (exact) mass is 231 g/mol. The van der Waals surface area contributed by atoms with Crippen LogP contribution in [0.1, 0.15) is 31.4 Å². The third-order valence-corrected chi connectivity index (χ3v) is 2.44. The van der Waals surface area contributed by atoms with Gasteiger partial charge in [-0.15, -0.1) is 0 Å². The highest BCUT2D eigenvalue weighted by atomic mass is 16.5. The molecule has 2 N–H and O–H groups in total. The summed E-state index contributed by atoms with van der Waals surface area (Å²) >= 11 is 0. The molecule has 0 aliphatic carbocycles. The van der Waals surface area contributed by atoms with Gasteiger partial charge in [-0.1, -0.05) is 43.9 Å². The first kappa shape index (κ1) is 13.8. The first-order valence-corrected chi connectivity index (χ1v) is 6.08. The van der Waals surface area contributed by atoms with Crippen LogP contribution in [0.25, 0.3) is 0 Å². The van der Waals surface area contributed by atoms with Gasteiger partial charge in [0.2, 0.25) is 0 Å². The molecule has 0 aliphatic rings. The van der Waals surface area contributed by atoms with Crippen molar-refractivity contribution in [1.29, 1.82) is 0 Å². The van der Waals surface area contributed by atoms with Crippen molar-refractivity contribution in [3.05, 3.63) is 35.4 Å². The molecule has 0 saturated carbocycles. The fourth-order valence-corrected chi connectivity index (χ4v) is 1.42. The normalized spacial score (nSPS) is 10.1. The van der Waals surface area contributed by atoms with Crippen LogP contribution in [0.2, 0.25) is 0 Å². The minimum absolute atomic E-state index is 0.391. The number of ether oxygens (including phenoxy) is 1. The van der Waals surface area contributed by atoms with Gasteiger partial charge in [0.05, 0.1) is 13.2 Å². The van der Waals surface area contributed by atoms with Gasteiger partial charge in [-0.05, 0) is 24.0 Å². The second kappa shape index (κ2) is 7.89. The lowest BCUT2D eigenvalue weighted by Gasteiger charge is -2.08. The van der Waals surface area contributed by atoms with Crippen LogP contribution in [-0.2, 0) is 11.3 Å². The highest BCUT2D eigenvalue weighted by Crippen LogP contribution is 2.09. The lowest BCUT2D eigenvalue weighted by molar-refractivity contribution is 0.110. The highest BCUT2D eigenvalue weighted by molar-refractivity contribution is 5.41. The van der Waals surface area contributed by atoms with Crippen molar-refractivity contribution in [2.24, 2.45) is 11.7 Å². The van der Waals surface area contributed by atoms with Crippen LogP contribution >= 0.6 is 0 Å². The Morgan fingerprint density at radius 2 is 2.06 bits per heavy atom. The van der Waals surface area contributed by atoms with E-state index in [0.717, 1.165) is 24.2 Å². The predicted molar refractivity (Wildman–Crippen MR) is 71.5 cm³/mol. The second-order valence-corrected chi connectivity index (χ2v) is 4.40. The van der Waals surface area contributed by atoms with Crippen LogP contribution in [0.4, 0.5) is 0 Å². The largest absolute Gasteiger partial charge is 0.377 e. The molecular formula is C15H21NO. The van der Waals surface area contributed by atoms with E-state index in [-0.39, 0.29) is 0 Å². The third kappa shape index (κ3) is 5.53. The Morgan fingerprint density at radius 1 is 1.29 bits per heavy atom. The van der Waals surface area contributed by atoms with Gasteiger partial charge in [-0.25, -0.2) is 0 Å². The Balaban J connectivity index is 2.52. The van der Waals surface area contributed by atoms with Crippen LogP contribution in [-0.4, -0.2) is 13.2 Å². The molecule has 0 spiro atoms. The average Bonchev–Trinajstić information content (AvgIpc) is 2.33. The van der Waals surface area contributed by atoms with E-state index >= 15 is 0 Å². The summed E-state index contributed by atoms with van der Waals surface area (Å²) < 4.78 is 5.65. The topological polar surface area (TPSA) is 35.2 Å². The quantitative estimate of drug-likeness (QED) is 0.624. The molecule has 0 atom stereocenters. The second-order valence-electron chi connectivity index (χ2n) is 4.40. The van der Waals surface area contributed by atoms with Gasteiger partial charge in [0.25, 0.3) is 0 Å². The van der Waals surface area contributed by atoms with Crippen molar-refractivity contribution in [3.63, 3.8) is 0 Å². The molecule has 0 amide bonds. The van der Waals surface area contributed by atoms with E-state index in [4.69, 9.17) is 10.5 Å². The zero-order valence-corrected chi connectivity index (χ0v) is 10.7. The third-order valence-electron chi connectivity index (χ3n) is 2.44. The van der Waals surface area contributed by atoms with Crippen molar-refractivity contribution in [3.8, 4) is 11.8 Å². The summed E-state index contributed by atoms with van der Waals surface area (Å²) in [5.74, 6) is 6.63. The molecule has 1 rings (SSSR count). The van der Waals surface area contributed by atoms with E-state index in [1.807, 2.05) is 18.2 Å². The van der Waals surface area contributed by atoms with Crippen molar-refractivity contribution in [1.82, 2.24) is 0 Å². The van der Waals surface area contributed by atoms with Gasteiger partial charge in [0.1, 0.15) is 0 Å². The number of nitrogens with two attached hydrogens (primary N) is 1. The van der Waals surface area contributed by atoms with Gasteiger partial charge in [0, 0.05) is 12.2 Å². The number of benzene rings is 1. The minimum Gasteiger partial charge on any atom is -0.377 e. The summed E-state index contributed by atoms with van der Waals surface area (Å²) in [6, 6.07) is 8.05. The Hall–Kier alpha value is -1.30. The van der Waals surface area contributed by atoms with E-state index < -0.39 is 0 Å². The van der Waals surface area contributed by atoms with Crippen molar-refractivity contribution in [2.45, 2.75) is 26.9 Å². The molecule has 0 aromatic heterocycles. The molecule has 0 aliphatic heterocycles. The first-order chi connectivity index (χ1) is 8.24. The first-order valence-electron chi connectivity index (χ1n) is 6.08. The van der Waals surface area contributed by atoms with Gasteiger partial charge in [0.15, 0.2) is 0 Å². The Bertz CT molecular complexity index is 387. The summed E-state index contributed by atoms with van der Waals surface area (Å²) in [4.78, 5) is 0. The maximum atomic E-state index is 5.65. The van der Waals surface area contributed by atoms with Crippen molar-refractivity contribution >= 4 is 0 Å². The predicted octanol–water partition coefficient (Wildman–Crippen LogP) is 2.56. The summed E-state index contributed by atoms with van der Waals surface area (Å²) in [5.41, 5.74) is 7.53.